The Labute approximate surface area is 144 Å². The van der Waals surface area contributed by atoms with E-state index in [9.17, 15) is 18.8 Å². The maximum atomic E-state index is 14.4. The van der Waals surface area contributed by atoms with Crippen LogP contribution in [0.1, 0.15) is 33.6 Å². The van der Waals surface area contributed by atoms with Crippen LogP contribution in [0.2, 0.25) is 0 Å². The van der Waals surface area contributed by atoms with Gasteiger partial charge < -0.3 is 30.0 Å². The zero-order valence-electron chi connectivity index (χ0n) is 14.4. The molecule has 0 aliphatic carbocycles. The molecule has 10 heteroatoms. The highest BCUT2D eigenvalue weighted by molar-refractivity contribution is 5.85. The Morgan fingerprint density at radius 1 is 1.40 bits per heavy atom. The van der Waals surface area contributed by atoms with E-state index in [1.165, 1.54) is 20.0 Å². The van der Waals surface area contributed by atoms with Crippen molar-refractivity contribution in [2.75, 3.05) is 13.2 Å². The molecular formula is C15H23FN2O7. The number of rotatable bonds is 8. The Morgan fingerprint density at radius 3 is 2.68 bits per heavy atom. The van der Waals surface area contributed by atoms with Crippen LogP contribution in [-0.2, 0) is 28.5 Å². The van der Waals surface area contributed by atoms with Crippen molar-refractivity contribution in [3.05, 3.63) is 12.3 Å². The van der Waals surface area contributed by atoms with E-state index >= 15 is 0 Å². The molecule has 3 N–H and O–H groups in total. The van der Waals surface area contributed by atoms with Gasteiger partial charge in [0.2, 0.25) is 17.4 Å². The van der Waals surface area contributed by atoms with Crippen molar-refractivity contribution in [3.63, 3.8) is 0 Å². The number of hydrogen-bond donors (Lipinski definition) is 2. The number of hydrogen-bond acceptors (Lipinski definition) is 8. The molecule has 1 amide bonds. The minimum Gasteiger partial charge on any atom is -0.463 e. The smallest absolute Gasteiger partial charge is 0.463 e. The van der Waals surface area contributed by atoms with Gasteiger partial charge in [-0.05, 0) is 27.2 Å². The van der Waals surface area contributed by atoms with Crippen LogP contribution < -0.4 is 11.1 Å². The van der Waals surface area contributed by atoms with Crippen molar-refractivity contribution < 1.29 is 37.7 Å². The number of carbonyl (C=O) groups is 3. The fourth-order valence-electron chi connectivity index (χ4n) is 1.93. The molecule has 1 saturated heterocycles. The first-order valence-electron chi connectivity index (χ1n) is 7.70. The summed E-state index contributed by atoms with van der Waals surface area (Å²) in [6.07, 6.45) is 0.637. The average molecular weight is 362 g/mol. The number of primary amides is 1. The van der Waals surface area contributed by atoms with E-state index in [-0.39, 0.29) is 19.4 Å². The zero-order valence-corrected chi connectivity index (χ0v) is 14.4. The summed E-state index contributed by atoms with van der Waals surface area (Å²) in [6.45, 7) is 3.69. The molecule has 1 heterocycles. The van der Waals surface area contributed by atoms with Crippen molar-refractivity contribution in [3.8, 4) is 0 Å². The highest BCUT2D eigenvalue weighted by Gasteiger charge is 2.42. The first kappa shape index (κ1) is 20.7. The van der Waals surface area contributed by atoms with Gasteiger partial charge in [0.05, 0.1) is 6.61 Å². The van der Waals surface area contributed by atoms with Crippen LogP contribution in [0.4, 0.5) is 9.18 Å². The zero-order chi connectivity index (χ0) is 19.1. The van der Waals surface area contributed by atoms with E-state index in [4.69, 9.17) is 24.7 Å². The molecule has 1 aliphatic heterocycles. The Morgan fingerprint density at radius 2 is 2.08 bits per heavy atom. The van der Waals surface area contributed by atoms with E-state index < -0.39 is 42.3 Å². The predicted molar refractivity (Wildman–Crippen MR) is 82.6 cm³/mol. The third-order valence-corrected chi connectivity index (χ3v) is 3.17. The van der Waals surface area contributed by atoms with Crippen LogP contribution in [0.5, 0.6) is 0 Å². The molecule has 0 saturated carbocycles. The summed E-state index contributed by atoms with van der Waals surface area (Å²) in [4.78, 5) is 33.8. The number of alkyl halides is 1. The summed E-state index contributed by atoms with van der Waals surface area (Å²) in [6, 6.07) is 0. The lowest BCUT2D eigenvalue weighted by Crippen LogP contribution is -2.40. The second kappa shape index (κ2) is 8.65. The summed E-state index contributed by atoms with van der Waals surface area (Å²) in [7, 11) is 0. The quantitative estimate of drug-likeness (QED) is 0.481. The van der Waals surface area contributed by atoms with Gasteiger partial charge in [0.15, 0.2) is 6.61 Å². The molecule has 142 valence electrons. The summed E-state index contributed by atoms with van der Waals surface area (Å²) < 4.78 is 33.8. The van der Waals surface area contributed by atoms with E-state index in [1.54, 1.807) is 6.92 Å². The first-order chi connectivity index (χ1) is 11.6. The number of ether oxygens (including phenoxy) is 4. The lowest BCUT2D eigenvalue weighted by atomic mass is 10.1. The molecule has 0 unspecified atom stereocenters. The van der Waals surface area contributed by atoms with Crippen LogP contribution in [0.15, 0.2) is 12.3 Å². The van der Waals surface area contributed by atoms with Gasteiger partial charge in [0.25, 0.3) is 0 Å². The topological polar surface area (TPSA) is 126 Å². The van der Waals surface area contributed by atoms with E-state index in [1.807, 2.05) is 0 Å². The maximum Gasteiger partial charge on any atom is 0.509 e. The largest absolute Gasteiger partial charge is 0.509 e. The van der Waals surface area contributed by atoms with Crippen LogP contribution in [-0.4, -0.2) is 48.9 Å². The second-order valence-electron chi connectivity index (χ2n) is 5.80. The normalized spacial score (nSPS) is 23.3. The number of halogens is 1. The van der Waals surface area contributed by atoms with Crippen molar-refractivity contribution in [2.24, 2.45) is 5.73 Å². The van der Waals surface area contributed by atoms with Gasteiger partial charge in [-0.1, -0.05) is 0 Å². The number of amides is 1. The fraction of sp³-hybridized carbons (Fsp3) is 0.667. The SMILES string of the molecule is CCOC(=O)C(C)(C)OC(=O)OC[C@]1(F)CC[C@H](N/C=C\C(N)=O)O1. The predicted octanol–water partition coefficient (Wildman–Crippen LogP) is 0.872. The van der Waals surface area contributed by atoms with Crippen LogP contribution >= 0.6 is 0 Å². The highest BCUT2D eigenvalue weighted by atomic mass is 19.2. The molecule has 0 aromatic carbocycles. The van der Waals surface area contributed by atoms with Crippen LogP contribution in [0, 0.1) is 0 Å². The summed E-state index contributed by atoms with van der Waals surface area (Å²) in [5.41, 5.74) is 3.36. The van der Waals surface area contributed by atoms with Gasteiger partial charge in [-0.3, -0.25) is 4.79 Å². The van der Waals surface area contributed by atoms with Crippen molar-refractivity contribution in [1.82, 2.24) is 5.32 Å². The molecule has 0 spiro atoms. The summed E-state index contributed by atoms with van der Waals surface area (Å²) >= 11 is 0. The monoisotopic (exact) mass is 362 g/mol. The minimum absolute atomic E-state index is 0.0381. The number of esters is 1. The molecule has 0 aromatic heterocycles. The molecular weight excluding hydrogens is 339 g/mol. The fourth-order valence-corrected chi connectivity index (χ4v) is 1.93. The van der Waals surface area contributed by atoms with Crippen LogP contribution in [0.25, 0.3) is 0 Å². The number of nitrogens with one attached hydrogen (secondary N) is 1. The average Bonchev–Trinajstić information content (AvgIpc) is 2.87. The molecule has 1 fully saturated rings. The molecule has 0 radical (unpaired) electrons. The first-order valence-corrected chi connectivity index (χ1v) is 7.70. The third-order valence-electron chi connectivity index (χ3n) is 3.17. The Balaban J connectivity index is 2.43. The Bertz CT molecular complexity index is 538. The number of nitrogens with two attached hydrogens (primary N) is 1. The Hall–Kier alpha value is -2.36. The number of carbonyl (C=O) groups excluding carboxylic acids is 3. The lowest BCUT2D eigenvalue weighted by molar-refractivity contribution is -0.177. The van der Waals surface area contributed by atoms with Gasteiger partial charge >= 0.3 is 12.1 Å². The van der Waals surface area contributed by atoms with Gasteiger partial charge in [-0.15, -0.1) is 0 Å². The highest BCUT2D eigenvalue weighted by Crippen LogP contribution is 2.31. The van der Waals surface area contributed by atoms with E-state index in [2.05, 4.69) is 5.32 Å². The molecule has 0 aromatic rings. The van der Waals surface area contributed by atoms with Gasteiger partial charge in [0, 0.05) is 18.7 Å². The van der Waals surface area contributed by atoms with Crippen LogP contribution in [0.3, 0.4) is 0 Å². The van der Waals surface area contributed by atoms with Crippen molar-refractivity contribution in [1.29, 1.82) is 0 Å². The molecule has 2 atom stereocenters. The summed E-state index contributed by atoms with van der Waals surface area (Å²) in [5.74, 6) is -3.61. The van der Waals surface area contributed by atoms with E-state index in [0.717, 1.165) is 6.08 Å². The Kier molecular flexibility index (Phi) is 7.16. The standard InChI is InChI=1S/C15H23FN2O7/c1-4-22-12(20)14(2,3)25-13(21)23-9-15(16)7-5-11(24-15)18-8-6-10(17)19/h6,8,11,18H,4-5,7,9H2,1-3H3,(H2,17,19)/b8-6-/t11-,15+/m1/s1. The second-order valence-corrected chi connectivity index (χ2v) is 5.80. The lowest BCUT2D eigenvalue weighted by Gasteiger charge is -2.24. The molecule has 25 heavy (non-hydrogen) atoms. The van der Waals surface area contributed by atoms with Gasteiger partial charge in [0.1, 0.15) is 6.23 Å². The molecule has 9 nitrogen and oxygen atoms in total. The van der Waals surface area contributed by atoms with Crippen molar-refractivity contribution >= 4 is 18.0 Å². The van der Waals surface area contributed by atoms with E-state index in [0.29, 0.717) is 0 Å². The van der Waals surface area contributed by atoms with Gasteiger partial charge in [-0.25, -0.2) is 14.0 Å². The molecule has 1 rings (SSSR count). The third kappa shape index (κ3) is 6.96. The van der Waals surface area contributed by atoms with Crippen molar-refractivity contribution in [2.45, 2.75) is 51.3 Å². The van der Waals surface area contributed by atoms with Gasteiger partial charge in [-0.2, -0.15) is 0 Å². The maximum absolute atomic E-state index is 14.4. The minimum atomic E-state index is -2.20. The molecule has 1 aliphatic rings. The molecule has 0 bridgehead atoms. The summed E-state index contributed by atoms with van der Waals surface area (Å²) in [5, 5.41) is 2.65.